The molecule has 4 aromatic rings. The van der Waals surface area contributed by atoms with Gasteiger partial charge in [0.1, 0.15) is 23.0 Å². The SMILES string of the molecule is CO.COc1cccc(C=NCCN2CCN(CCN3CCN(CCN=Cc4cccc(OC)c4[O-])[C@H]3c3cccc(OC)c3[O-])[C@@H]2c2cccc(OC)c2[O-])c1[O-].C[O-].C[O-].[Mn+3].[Mn+3].[Mn+3].[N-]=[N+]=[N-].[N-]=[N+]=[N-]. The van der Waals surface area contributed by atoms with Crippen LogP contribution in [0.2, 0.25) is 0 Å². The van der Waals surface area contributed by atoms with E-state index in [9.17, 15) is 20.4 Å². The van der Waals surface area contributed by atoms with Gasteiger partial charge in [-0.25, -0.2) is 0 Å². The minimum absolute atomic E-state index is 0. The number of hydrogen-bond acceptors (Lipinski definition) is 17. The first-order chi connectivity index (χ1) is 33.1. The molecule has 2 aliphatic heterocycles. The summed E-state index contributed by atoms with van der Waals surface area (Å²) in [6.07, 6.45) is 2.48. The van der Waals surface area contributed by atoms with E-state index in [4.69, 9.17) is 56.4 Å². The van der Waals surface area contributed by atoms with Crippen LogP contribution in [-0.2, 0) is 51.2 Å². The van der Waals surface area contributed by atoms with Crippen molar-refractivity contribution >= 4 is 12.4 Å². The van der Waals surface area contributed by atoms with Crippen molar-refractivity contribution in [3.05, 3.63) is 127 Å². The Kier molecular flexibility index (Phi) is 39.5. The molecule has 23 nitrogen and oxygen atoms in total. The van der Waals surface area contributed by atoms with Gasteiger partial charge in [-0.2, -0.15) is 14.2 Å². The molecule has 0 aliphatic carbocycles. The van der Waals surface area contributed by atoms with Crippen LogP contribution in [0, 0.1) is 0 Å². The number of para-hydroxylation sites is 4. The van der Waals surface area contributed by atoms with Crippen molar-refractivity contribution in [3.63, 3.8) is 0 Å². The van der Waals surface area contributed by atoms with E-state index in [0.29, 0.717) is 87.7 Å². The summed E-state index contributed by atoms with van der Waals surface area (Å²) in [7, 11) is 8.42. The summed E-state index contributed by atoms with van der Waals surface area (Å²) in [4.78, 5) is 21.2. The minimum atomic E-state index is -0.333. The fraction of sp³-hybridized carbons (Fsp3) is 0.422. The van der Waals surface area contributed by atoms with E-state index >= 15 is 0 Å². The number of nitrogens with zero attached hydrogens (tertiary/aromatic N) is 12. The quantitative estimate of drug-likeness (QED) is 0.0514. The van der Waals surface area contributed by atoms with Crippen LogP contribution >= 0.6 is 0 Å². The Balaban J connectivity index is -0.00000283. The van der Waals surface area contributed by atoms with Gasteiger partial charge in [-0.15, -0.1) is 0 Å². The van der Waals surface area contributed by atoms with Crippen LogP contribution in [0.5, 0.6) is 46.0 Å². The van der Waals surface area contributed by atoms with E-state index < -0.39 is 0 Å². The number of aliphatic hydroxyl groups is 1. The van der Waals surface area contributed by atoms with Gasteiger partial charge in [0.25, 0.3) is 0 Å². The van der Waals surface area contributed by atoms with Crippen molar-refractivity contribution in [3.8, 4) is 46.0 Å². The molecular weight excluding hydrogens is 1050 g/mol. The Morgan fingerprint density at radius 2 is 0.746 bits per heavy atom. The maximum absolute atomic E-state index is 13.6. The molecule has 2 aliphatic rings. The van der Waals surface area contributed by atoms with E-state index in [-0.39, 0.29) is 110 Å². The number of rotatable bonds is 17. The monoisotopic (exact) mass is 1110 g/mol. The van der Waals surface area contributed by atoms with E-state index in [1.54, 1.807) is 61.0 Å². The van der Waals surface area contributed by atoms with E-state index in [0.717, 1.165) is 21.3 Å². The molecule has 2 fully saturated rings. The van der Waals surface area contributed by atoms with Crippen LogP contribution in [0.25, 0.3) is 31.9 Å². The van der Waals surface area contributed by atoms with Crippen molar-refractivity contribution < 1.29 is 106 Å². The molecule has 0 saturated carbocycles. The maximum atomic E-state index is 13.6. The van der Waals surface area contributed by atoms with Crippen LogP contribution in [0.3, 0.4) is 0 Å². The molecule has 0 aromatic heterocycles. The molecule has 384 valence electrons. The normalized spacial score (nSPS) is 15.0. The summed E-state index contributed by atoms with van der Waals surface area (Å²) >= 11 is 0. The Bertz CT molecular complexity index is 2070. The standard InChI is InChI=1S/C42H52N6O8.CH4O.2CH3O.3Mn.2N3/c1-53-33-13-5-9-29(37(33)49)27-43-17-19-45-21-23-47(41(45)31-11-7-15-35(55-3)39(31)51)25-26-48-24-22-46(42(48)32-12-8-16-36(56-4)40(32)52)20-18-44-28-30-10-6-14-34(54-2)38(30)50;3*1-2;;;;2*1-3-2/h5-16,27-28,41-42,49-52H,17-26H2,1-4H3;2H,1H3;2*1H3;;;;;/q;;2*-1;3*+3;2*-1/p-4/t41-,42-;;;;;;;;/m1......../s1. The van der Waals surface area contributed by atoms with Crippen molar-refractivity contribution in [1.82, 2.24) is 19.6 Å². The summed E-state index contributed by atoms with van der Waals surface area (Å²) in [5.41, 5.74) is 29.1. The zero-order chi connectivity index (χ0) is 51.0. The second-order valence-electron chi connectivity index (χ2n) is 13.7. The third kappa shape index (κ3) is 20.3. The summed E-state index contributed by atoms with van der Waals surface area (Å²) < 4.78 is 21.2. The largest absolute Gasteiger partial charge is 3.00 e. The molecule has 0 amide bonds. The van der Waals surface area contributed by atoms with Gasteiger partial charge in [-0.05, 0) is 46.5 Å². The van der Waals surface area contributed by atoms with E-state index in [1.165, 1.54) is 38.3 Å². The molecule has 2 heterocycles. The number of hydrogen-bond donors (Lipinski definition) is 1. The fourth-order valence-corrected chi connectivity index (χ4v) is 7.53. The third-order valence-corrected chi connectivity index (χ3v) is 10.4. The van der Waals surface area contributed by atoms with Gasteiger partial charge in [-0.3, -0.25) is 39.4 Å². The molecule has 4 aromatic carbocycles. The molecule has 0 radical (unpaired) electrons. The van der Waals surface area contributed by atoms with Gasteiger partial charge < -0.3 is 76.8 Å². The first kappa shape index (κ1) is 69.8. The van der Waals surface area contributed by atoms with Crippen LogP contribution in [0.1, 0.15) is 34.6 Å². The van der Waals surface area contributed by atoms with Crippen molar-refractivity contribution in [2.24, 2.45) is 9.98 Å². The number of aliphatic imine (C=N–C) groups is 2. The Morgan fingerprint density at radius 1 is 0.493 bits per heavy atom. The van der Waals surface area contributed by atoms with E-state index in [2.05, 4.69) is 29.6 Å². The predicted molar refractivity (Wildman–Crippen MR) is 247 cm³/mol. The average Bonchev–Trinajstić information content (AvgIpc) is 3.97. The van der Waals surface area contributed by atoms with Gasteiger partial charge in [0.05, 0.1) is 53.9 Å². The number of methoxy groups -OCH3 is 4. The molecule has 2 saturated heterocycles. The predicted octanol–water partition coefficient (Wildman–Crippen LogP) is 1.47. The van der Waals surface area contributed by atoms with Gasteiger partial charge in [0.15, 0.2) is 0 Å². The second kappa shape index (κ2) is 40.2. The Labute approximate surface area is 446 Å². The molecular formula is C45H58Mn3N12O11+. The average molecular weight is 1110 g/mol. The Hall–Kier alpha value is -5.48. The molecule has 2 atom stereocenters. The molecule has 0 unspecified atom stereocenters. The molecule has 1 N–H and O–H groups in total. The van der Waals surface area contributed by atoms with Gasteiger partial charge >= 0.3 is 51.2 Å². The van der Waals surface area contributed by atoms with Crippen LogP contribution in [-0.4, -0.2) is 152 Å². The van der Waals surface area contributed by atoms with E-state index in [1.807, 2.05) is 24.3 Å². The van der Waals surface area contributed by atoms with Crippen molar-refractivity contribution in [1.29, 1.82) is 0 Å². The van der Waals surface area contributed by atoms with Crippen LogP contribution < -0.4 is 49.6 Å². The van der Waals surface area contributed by atoms with Gasteiger partial charge in [0.2, 0.25) is 0 Å². The first-order valence-electron chi connectivity index (χ1n) is 20.7. The number of benzene rings is 4. The van der Waals surface area contributed by atoms with Gasteiger partial charge in [0, 0.05) is 71.9 Å². The minimum Gasteiger partial charge on any atom is -0.870 e. The zero-order valence-electron chi connectivity index (χ0n) is 40.3. The number of aliphatic hydroxyl groups excluding tert-OH is 1. The van der Waals surface area contributed by atoms with Crippen LogP contribution in [0.15, 0.2) is 82.8 Å². The summed E-state index contributed by atoms with van der Waals surface area (Å²) in [6.45, 7) is 6.01. The first-order valence-corrected chi connectivity index (χ1v) is 20.7. The molecule has 26 heteroatoms. The molecule has 0 spiro atoms. The summed E-state index contributed by atoms with van der Waals surface area (Å²) in [6, 6.07) is 20.9. The Morgan fingerprint density at radius 3 is 1.03 bits per heavy atom. The van der Waals surface area contributed by atoms with Crippen molar-refractivity contribution in [2.45, 2.75) is 12.3 Å². The smallest absolute Gasteiger partial charge is 0.870 e. The summed E-state index contributed by atoms with van der Waals surface area (Å²) in [5.74, 6) is 0.341. The zero-order valence-corrected chi connectivity index (χ0v) is 43.9. The molecule has 6 rings (SSSR count). The number of ether oxygens (including phenoxy) is 4. The maximum Gasteiger partial charge on any atom is 3.00 e. The van der Waals surface area contributed by atoms with Gasteiger partial charge in [-0.1, -0.05) is 71.5 Å². The molecule has 71 heavy (non-hydrogen) atoms. The second-order valence-corrected chi connectivity index (χ2v) is 13.7. The van der Waals surface area contributed by atoms with Crippen LogP contribution in [0.4, 0.5) is 0 Å². The molecule has 0 bridgehead atoms. The topological polar surface area (TPSA) is 351 Å². The van der Waals surface area contributed by atoms with Crippen molar-refractivity contribution in [2.75, 3.05) is 115 Å². The third-order valence-electron chi connectivity index (χ3n) is 10.4. The summed E-state index contributed by atoms with van der Waals surface area (Å²) in [5, 5.41) is 76.0. The fourth-order valence-electron chi connectivity index (χ4n) is 7.53.